The van der Waals surface area contributed by atoms with E-state index in [9.17, 15) is 0 Å². The zero-order chi connectivity index (χ0) is 12.3. The molecule has 0 spiro atoms. The van der Waals surface area contributed by atoms with Crippen molar-refractivity contribution in [3.05, 3.63) is 23.0 Å². The van der Waals surface area contributed by atoms with Gasteiger partial charge >= 0.3 is 0 Å². The van der Waals surface area contributed by atoms with Gasteiger partial charge in [0.1, 0.15) is 6.61 Å². The van der Waals surface area contributed by atoms with E-state index in [1.54, 1.807) is 6.20 Å². The smallest absolute Gasteiger partial charge is 0.171 e. The van der Waals surface area contributed by atoms with Crippen LogP contribution in [0.4, 0.5) is 0 Å². The van der Waals surface area contributed by atoms with Gasteiger partial charge < -0.3 is 9.84 Å². The van der Waals surface area contributed by atoms with Crippen LogP contribution in [-0.2, 0) is 0 Å². The summed E-state index contributed by atoms with van der Waals surface area (Å²) < 4.78 is 5.36. The van der Waals surface area contributed by atoms with Gasteiger partial charge in [-0.2, -0.15) is 0 Å². The first-order valence-corrected chi connectivity index (χ1v) is 6.19. The van der Waals surface area contributed by atoms with Crippen molar-refractivity contribution in [2.75, 3.05) is 26.8 Å². The summed E-state index contributed by atoms with van der Waals surface area (Å²) in [5, 5.41) is 9.09. The van der Waals surface area contributed by atoms with Crippen LogP contribution >= 0.6 is 11.6 Å². The zero-order valence-corrected chi connectivity index (χ0v) is 10.7. The molecule has 1 atom stereocenters. The monoisotopic (exact) mass is 256 g/mol. The van der Waals surface area contributed by atoms with Crippen molar-refractivity contribution in [2.24, 2.45) is 0 Å². The summed E-state index contributed by atoms with van der Waals surface area (Å²) in [6.45, 7) is 1.33. The highest BCUT2D eigenvalue weighted by Gasteiger charge is 2.23. The van der Waals surface area contributed by atoms with Gasteiger partial charge in [-0.3, -0.25) is 4.90 Å². The van der Waals surface area contributed by atoms with Crippen LogP contribution in [0.15, 0.2) is 12.3 Å². The van der Waals surface area contributed by atoms with E-state index >= 15 is 0 Å². The van der Waals surface area contributed by atoms with Crippen molar-refractivity contribution >= 4 is 11.6 Å². The Labute approximate surface area is 106 Å². The van der Waals surface area contributed by atoms with Crippen LogP contribution in [0, 0.1) is 0 Å². The van der Waals surface area contributed by atoms with Crippen molar-refractivity contribution in [3.63, 3.8) is 0 Å². The van der Waals surface area contributed by atoms with Gasteiger partial charge in [0, 0.05) is 12.2 Å². The second-order valence-corrected chi connectivity index (χ2v) is 4.63. The van der Waals surface area contributed by atoms with Crippen LogP contribution in [-0.4, -0.2) is 41.8 Å². The molecule has 2 heterocycles. The maximum atomic E-state index is 8.74. The van der Waals surface area contributed by atoms with E-state index in [-0.39, 0.29) is 13.2 Å². The summed E-state index contributed by atoms with van der Waals surface area (Å²) in [4.78, 5) is 6.45. The van der Waals surface area contributed by atoms with Crippen molar-refractivity contribution in [1.82, 2.24) is 9.88 Å². The second-order valence-electron chi connectivity index (χ2n) is 4.27. The van der Waals surface area contributed by atoms with Gasteiger partial charge in [-0.1, -0.05) is 11.6 Å². The first-order valence-electron chi connectivity index (χ1n) is 5.81. The maximum absolute atomic E-state index is 8.74. The Morgan fingerprint density at radius 1 is 1.65 bits per heavy atom. The fourth-order valence-electron chi connectivity index (χ4n) is 2.21. The molecule has 0 aliphatic carbocycles. The number of aliphatic hydroxyl groups excluding tert-OH is 1. The third kappa shape index (κ3) is 2.89. The first kappa shape index (κ1) is 12.6. The molecule has 0 unspecified atom stereocenters. The topological polar surface area (TPSA) is 45.6 Å². The largest absolute Gasteiger partial charge is 0.488 e. The van der Waals surface area contributed by atoms with E-state index in [0.29, 0.717) is 16.9 Å². The Balaban J connectivity index is 2.17. The van der Waals surface area contributed by atoms with E-state index in [1.807, 2.05) is 6.07 Å². The van der Waals surface area contributed by atoms with Crippen LogP contribution in [0.25, 0.3) is 0 Å². The van der Waals surface area contributed by atoms with Gasteiger partial charge in [0.25, 0.3) is 0 Å². The summed E-state index contributed by atoms with van der Waals surface area (Å²) >= 11 is 5.94. The SMILES string of the molecule is CN1CCC[C@H]1c1cnc(Cl)c(OCCO)c1. The number of nitrogens with zero attached hydrogens (tertiary/aromatic N) is 2. The molecule has 0 aromatic carbocycles. The van der Waals surface area contributed by atoms with Gasteiger partial charge in [-0.15, -0.1) is 0 Å². The minimum atomic E-state index is -0.0239. The minimum Gasteiger partial charge on any atom is -0.488 e. The Hall–Kier alpha value is -0.840. The van der Waals surface area contributed by atoms with E-state index < -0.39 is 0 Å². The highest BCUT2D eigenvalue weighted by Crippen LogP contribution is 2.33. The van der Waals surface area contributed by atoms with Crippen LogP contribution in [0.3, 0.4) is 0 Å². The number of ether oxygens (including phenoxy) is 1. The van der Waals surface area contributed by atoms with Crippen LogP contribution < -0.4 is 4.74 Å². The number of aliphatic hydroxyl groups is 1. The van der Waals surface area contributed by atoms with Crippen LogP contribution in [0.1, 0.15) is 24.4 Å². The number of aromatic nitrogens is 1. The molecule has 0 radical (unpaired) electrons. The molecule has 1 aliphatic heterocycles. The summed E-state index contributed by atoms with van der Waals surface area (Å²) in [7, 11) is 2.11. The minimum absolute atomic E-state index is 0.0239. The predicted molar refractivity (Wildman–Crippen MR) is 66.4 cm³/mol. The van der Waals surface area contributed by atoms with E-state index in [4.69, 9.17) is 21.4 Å². The Kier molecular flexibility index (Phi) is 4.20. The second kappa shape index (κ2) is 5.67. The third-order valence-corrected chi connectivity index (χ3v) is 3.37. The Morgan fingerprint density at radius 2 is 2.47 bits per heavy atom. The van der Waals surface area contributed by atoms with Crippen LogP contribution in [0.5, 0.6) is 5.75 Å². The summed E-state index contributed by atoms with van der Waals surface area (Å²) in [5.74, 6) is 0.554. The molecule has 0 bridgehead atoms. The lowest BCUT2D eigenvalue weighted by molar-refractivity contribution is 0.200. The normalized spacial score (nSPS) is 20.8. The van der Waals surface area contributed by atoms with Gasteiger partial charge in [-0.05, 0) is 38.1 Å². The number of rotatable bonds is 4. The molecule has 4 nitrogen and oxygen atoms in total. The molecule has 17 heavy (non-hydrogen) atoms. The van der Waals surface area contributed by atoms with E-state index in [0.717, 1.165) is 18.5 Å². The molecule has 5 heteroatoms. The van der Waals surface area contributed by atoms with Gasteiger partial charge in [0.2, 0.25) is 0 Å². The number of hydrogen-bond acceptors (Lipinski definition) is 4. The Bertz CT molecular complexity index is 387. The number of halogens is 1. The summed E-state index contributed by atoms with van der Waals surface area (Å²) in [6, 6.07) is 2.33. The fraction of sp³-hybridized carbons (Fsp3) is 0.583. The number of hydrogen-bond donors (Lipinski definition) is 1. The highest BCUT2D eigenvalue weighted by atomic mass is 35.5. The molecule has 1 saturated heterocycles. The average Bonchev–Trinajstić information content (AvgIpc) is 2.75. The predicted octanol–water partition coefficient (Wildman–Crippen LogP) is 1.87. The third-order valence-electron chi connectivity index (χ3n) is 3.08. The highest BCUT2D eigenvalue weighted by molar-refractivity contribution is 6.30. The van der Waals surface area contributed by atoms with Gasteiger partial charge in [-0.25, -0.2) is 4.98 Å². The molecule has 1 aliphatic rings. The lowest BCUT2D eigenvalue weighted by Crippen LogP contribution is -2.17. The molecule has 94 valence electrons. The van der Waals surface area contributed by atoms with E-state index in [2.05, 4.69) is 16.9 Å². The molecule has 1 aromatic heterocycles. The van der Waals surface area contributed by atoms with E-state index in [1.165, 1.54) is 6.42 Å². The lowest BCUT2D eigenvalue weighted by atomic mass is 10.1. The fourth-order valence-corrected chi connectivity index (χ4v) is 2.37. The molecule has 1 N–H and O–H groups in total. The molecular formula is C12H17ClN2O2. The molecule has 0 amide bonds. The first-order chi connectivity index (χ1) is 8.22. The van der Waals surface area contributed by atoms with Crippen molar-refractivity contribution < 1.29 is 9.84 Å². The van der Waals surface area contributed by atoms with Gasteiger partial charge in [0.05, 0.1) is 6.61 Å². The van der Waals surface area contributed by atoms with Crippen molar-refractivity contribution in [3.8, 4) is 5.75 Å². The average molecular weight is 257 g/mol. The van der Waals surface area contributed by atoms with Crippen LogP contribution in [0.2, 0.25) is 5.15 Å². The van der Waals surface area contributed by atoms with Crippen molar-refractivity contribution in [1.29, 1.82) is 0 Å². The molecule has 0 saturated carbocycles. The Morgan fingerprint density at radius 3 is 3.12 bits per heavy atom. The molecule has 1 aromatic rings. The maximum Gasteiger partial charge on any atom is 0.171 e. The van der Waals surface area contributed by atoms with Gasteiger partial charge in [0.15, 0.2) is 10.9 Å². The van der Waals surface area contributed by atoms with Crippen molar-refractivity contribution in [2.45, 2.75) is 18.9 Å². The number of pyridine rings is 1. The lowest BCUT2D eigenvalue weighted by Gasteiger charge is -2.20. The summed E-state index contributed by atoms with van der Waals surface area (Å²) in [5.41, 5.74) is 1.13. The quantitative estimate of drug-likeness (QED) is 0.836. The zero-order valence-electron chi connectivity index (χ0n) is 9.90. The summed E-state index contributed by atoms with van der Waals surface area (Å²) in [6.07, 6.45) is 4.15. The molecular weight excluding hydrogens is 240 g/mol. The molecule has 1 fully saturated rings. The standard InChI is InChI=1S/C12H17ClN2O2/c1-15-4-2-3-10(15)9-7-11(17-6-5-16)12(13)14-8-9/h7-8,10,16H,2-6H2,1H3/t10-/m0/s1. The number of likely N-dealkylation sites (tertiary alicyclic amines) is 1. The molecule has 2 rings (SSSR count).